The van der Waals surface area contributed by atoms with Crippen LogP contribution in [0, 0.1) is 10.1 Å². The minimum atomic E-state index is -3.98. The summed E-state index contributed by atoms with van der Waals surface area (Å²) in [6.07, 6.45) is 1.11. The Morgan fingerprint density at radius 1 is 1.20 bits per heavy atom. The fourth-order valence-electron chi connectivity index (χ4n) is 3.09. The Balaban J connectivity index is 1.72. The molecule has 0 spiro atoms. The Kier molecular flexibility index (Phi) is 5.02. The van der Waals surface area contributed by atoms with Crippen molar-refractivity contribution in [1.82, 2.24) is 9.21 Å². The van der Waals surface area contributed by atoms with E-state index in [1.807, 2.05) is 0 Å². The van der Waals surface area contributed by atoms with Crippen molar-refractivity contribution in [2.75, 3.05) is 32.8 Å². The van der Waals surface area contributed by atoms with Crippen LogP contribution in [0.2, 0.25) is 0 Å². The molecule has 0 saturated carbocycles. The molecule has 2 aliphatic heterocycles. The second kappa shape index (κ2) is 7.06. The Morgan fingerprint density at radius 3 is 2.48 bits per heavy atom. The van der Waals surface area contributed by atoms with Gasteiger partial charge in [0.25, 0.3) is 11.6 Å². The standard InChI is InChI=1S/C15H19N3O6S/c19-15(13-5-3-11-24-13)16-7-9-17(10-8-16)25(22,23)14-6-2-1-4-12(14)18(20)21/h1-2,4,6,13H,3,5,7-11H2/t13-/m1/s1. The normalized spacial score (nSPS) is 22.1. The molecule has 0 aromatic heterocycles. The van der Waals surface area contributed by atoms with Gasteiger partial charge in [0.2, 0.25) is 10.0 Å². The number of carbonyl (C=O) groups is 1. The van der Waals surface area contributed by atoms with Gasteiger partial charge in [-0.25, -0.2) is 8.42 Å². The summed E-state index contributed by atoms with van der Waals surface area (Å²) in [5.41, 5.74) is -0.444. The number of hydrogen-bond donors (Lipinski definition) is 0. The number of sulfonamides is 1. The van der Waals surface area contributed by atoms with Gasteiger partial charge >= 0.3 is 0 Å². The molecule has 25 heavy (non-hydrogen) atoms. The van der Waals surface area contributed by atoms with Crippen molar-refractivity contribution in [3.63, 3.8) is 0 Å². The number of piperazine rings is 1. The van der Waals surface area contributed by atoms with E-state index in [1.54, 1.807) is 4.90 Å². The highest BCUT2D eigenvalue weighted by atomic mass is 32.2. The Labute approximate surface area is 145 Å². The second-order valence-electron chi connectivity index (χ2n) is 5.96. The number of benzene rings is 1. The third-order valence-electron chi connectivity index (χ3n) is 4.44. The van der Waals surface area contributed by atoms with Crippen molar-refractivity contribution in [2.24, 2.45) is 0 Å². The molecule has 1 aromatic carbocycles. The van der Waals surface area contributed by atoms with Gasteiger partial charge in [-0.1, -0.05) is 12.1 Å². The summed E-state index contributed by atoms with van der Waals surface area (Å²) in [4.78, 5) is 24.0. The third-order valence-corrected chi connectivity index (χ3v) is 6.38. The first-order valence-electron chi connectivity index (χ1n) is 8.05. The van der Waals surface area contributed by atoms with E-state index >= 15 is 0 Å². The van der Waals surface area contributed by atoms with E-state index in [4.69, 9.17) is 4.74 Å². The molecule has 2 heterocycles. The zero-order valence-corrected chi connectivity index (χ0v) is 14.4. The van der Waals surface area contributed by atoms with E-state index in [2.05, 4.69) is 0 Å². The molecule has 9 nitrogen and oxygen atoms in total. The minimum Gasteiger partial charge on any atom is -0.368 e. The van der Waals surface area contributed by atoms with Crippen molar-refractivity contribution in [2.45, 2.75) is 23.8 Å². The molecule has 2 saturated heterocycles. The number of amides is 1. The molecule has 1 amide bonds. The summed E-state index contributed by atoms with van der Waals surface area (Å²) in [6.45, 7) is 1.28. The van der Waals surface area contributed by atoms with Crippen LogP contribution in [0.3, 0.4) is 0 Å². The molecule has 3 rings (SSSR count). The predicted octanol–water partition coefficient (Wildman–Crippen LogP) is 0.607. The Morgan fingerprint density at radius 2 is 1.88 bits per heavy atom. The number of nitro groups is 1. The van der Waals surface area contributed by atoms with Crippen molar-refractivity contribution in [1.29, 1.82) is 0 Å². The van der Waals surface area contributed by atoms with Gasteiger partial charge in [0.1, 0.15) is 6.10 Å². The molecule has 2 fully saturated rings. The number of carbonyl (C=O) groups excluding carboxylic acids is 1. The monoisotopic (exact) mass is 369 g/mol. The largest absolute Gasteiger partial charge is 0.368 e. The van der Waals surface area contributed by atoms with Gasteiger partial charge < -0.3 is 9.64 Å². The summed E-state index contributed by atoms with van der Waals surface area (Å²) in [5.74, 6) is -0.111. The molecule has 2 aliphatic rings. The molecule has 0 radical (unpaired) electrons. The summed E-state index contributed by atoms with van der Waals surface area (Å²) in [6, 6.07) is 5.29. The van der Waals surface area contributed by atoms with Crippen LogP contribution in [0.4, 0.5) is 5.69 Å². The molecule has 136 valence electrons. The van der Waals surface area contributed by atoms with E-state index in [0.29, 0.717) is 13.0 Å². The summed E-state index contributed by atoms with van der Waals surface area (Å²) < 4.78 is 32.0. The fraction of sp³-hybridized carbons (Fsp3) is 0.533. The van der Waals surface area contributed by atoms with Crippen LogP contribution in [0.5, 0.6) is 0 Å². The number of nitrogens with zero attached hydrogens (tertiary/aromatic N) is 3. The maximum absolute atomic E-state index is 12.7. The first-order chi connectivity index (χ1) is 11.9. The fourth-order valence-corrected chi connectivity index (χ4v) is 4.67. The molecule has 0 aliphatic carbocycles. The van der Waals surface area contributed by atoms with Crippen LogP contribution < -0.4 is 0 Å². The lowest BCUT2D eigenvalue weighted by atomic mass is 10.2. The summed E-state index contributed by atoms with van der Waals surface area (Å²) >= 11 is 0. The van der Waals surface area contributed by atoms with Gasteiger partial charge in [0.15, 0.2) is 4.90 Å². The lowest BCUT2D eigenvalue weighted by Gasteiger charge is -2.34. The van der Waals surface area contributed by atoms with E-state index in [0.717, 1.165) is 6.42 Å². The van der Waals surface area contributed by atoms with Crippen molar-refractivity contribution in [3.8, 4) is 0 Å². The van der Waals surface area contributed by atoms with Crippen LogP contribution in [0.25, 0.3) is 0 Å². The lowest BCUT2D eigenvalue weighted by molar-refractivity contribution is -0.387. The van der Waals surface area contributed by atoms with Crippen LogP contribution in [0.15, 0.2) is 29.2 Å². The average Bonchev–Trinajstić information content (AvgIpc) is 3.16. The Bertz CT molecular complexity index is 767. The maximum atomic E-state index is 12.7. The average molecular weight is 369 g/mol. The molecule has 10 heteroatoms. The molecule has 1 aromatic rings. The summed E-state index contributed by atoms with van der Waals surface area (Å²) in [5, 5.41) is 11.1. The SMILES string of the molecule is O=C([C@H]1CCCO1)N1CCN(S(=O)(=O)c2ccccc2[N+](=O)[O-])CC1. The highest BCUT2D eigenvalue weighted by molar-refractivity contribution is 7.89. The summed E-state index contributed by atoms with van der Waals surface area (Å²) in [7, 11) is -3.98. The van der Waals surface area contributed by atoms with Crippen molar-refractivity contribution >= 4 is 21.6 Å². The van der Waals surface area contributed by atoms with Crippen LogP contribution in [-0.4, -0.2) is 67.3 Å². The van der Waals surface area contributed by atoms with E-state index in [1.165, 1.54) is 28.6 Å². The van der Waals surface area contributed by atoms with Crippen LogP contribution >= 0.6 is 0 Å². The zero-order valence-electron chi connectivity index (χ0n) is 13.5. The Hall–Kier alpha value is -2.04. The van der Waals surface area contributed by atoms with Crippen molar-refractivity contribution in [3.05, 3.63) is 34.4 Å². The lowest BCUT2D eigenvalue weighted by Crippen LogP contribution is -2.52. The molecular weight excluding hydrogens is 350 g/mol. The van der Waals surface area contributed by atoms with Crippen LogP contribution in [0.1, 0.15) is 12.8 Å². The van der Waals surface area contributed by atoms with Gasteiger partial charge in [0, 0.05) is 38.9 Å². The van der Waals surface area contributed by atoms with Gasteiger partial charge in [-0.05, 0) is 18.9 Å². The molecule has 0 unspecified atom stereocenters. The number of hydrogen-bond acceptors (Lipinski definition) is 6. The molecule has 0 N–H and O–H groups in total. The smallest absolute Gasteiger partial charge is 0.289 e. The van der Waals surface area contributed by atoms with Crippen LogP contribution in [-0.2, 0) is 19.6 Å². The first kappa shape index (κ1) is 17.8. The third kappa shape index (κ3) is 3.51. The highest BCUT2D eigenvalue weighted by Gasteiger charge is 2.36. The number of ether oxygens (including phenoxy) is 1. The number of para-hydroxylation sites is 1. The van der Waals surface area contributed by atoms with Crippen molar-refractivity contribution < 1.29 is 22.9 Å². The first-order valence-corrected chi connectivity index (χ1v) is 9.49. The molecule has 0 bridgehead atoms. The molecule has 1 atom stereocenters. The number of rotatable bonds is 4. The molecular formula is C15H19N3O6S. The van der Waals surface area contributed by atoms with Gasteiger partial charge in [0.05, 0.1) is 4.92 Å². The van der Waals surface area contributed by atoms with Gasteiger partial charge in [-0.2, -0.15) is 4.31 Å². The van der Waals surface area contributed by atoms with Gasteiger partial charge in [-0.3, -0.25) is 14.9 Å². The van der Waals surface area contributed by atoms with E-state index in [-0.39, 0.29) is 37.0 Å². The zero-order chi connectivity index (χ0) is 18.0. The van der Waals surface area contributed by atoms with E-state index < -0.39 is 26.7 Å². The minimum absolute atomic E-state index is 0.104. The maximum Gasteiger partial charge on any atom is 0.289 e. The quantitative estimate of drug-likeness (QED) is 0.568. The second-order valence-corrected chi connectivity index (χ2v) is 7.86. The van der Waals surface area contributed by atoms with Gasteiger partial charge in [-0.15, -0.1) is 0 Å². The predicted molar refractivity (Wildman–Crippen MR) is 87.4 cm³/mol. The topological polar surface area (TPSA) is 110 Å². The highest BCUT2D eigenvalue weighted by Crippen LogP contribution is 2.27. The number of nitro benzene ring substituents is 1. The van der Waals surface area contributed by atoms with E-state index in [9.17, 15) is 23.3 Å².